The zero-order valence-corrected chi connectivity index (χ0v) is 18.4. The van der Waals surface area contributed by atoms with E-state index >= 15 is 0 Å². The number of nitrogens with one attached hydrogen (secondary N) is 1. The van der Waals surface area contributed by atoms with Crippen LogP contribution >= 0.6 is 0 Å². The van der Waals surface area contributed by atoms with Crippen LogP contribution in [0.2, 0.25) is 0 Å². The molecule has 8 heteroatoms. The molecule has 1 aromatic carbocycles. The summed E-state index contributed by atoms with van der Waals surface area (Å²) in [6, 6.07) is 12.6. The fourth-order valence-corrected chi connectivity index (χ4v) is 3.78. The molecule has 2 aromatic heterocycles. The average molecular weight is 432 g/mol. The molecule has 0 aliphatic carbocycles. The van der Waals surface area contributed by atoms with Crippen molar-refractivity contribution in [3.8, 4) is 5.69 Å². The quantitative estimate of drug-likeness (QED) is 0.493. The summed E-state index contributed by atoms with van der Waals surface area (Å²) in [4.78, 5) is 40.6. The highest BCUT2D eigenvalue weighted by Gasteiger charge is 2.36. The topological polar surface area (TPSA) is 87.8 Å². The van der Waals surface area contributed by atoms with E-state index in [-0.39, 0.29) is 12.1 Å². The number of aryl methyl sites for hydroxylation is 1. The molecule has 0 spiro atoms. The van der Waals surface area contributed by atoms with Crippen molar-refractivity contribution in [1.29, 1.82) is 0 Å². The van der Waals surface area contributed by atoms with Crippen molar-refractivity contribution in [3.63, 3.8) is 0 Å². The van der Waals surface area contributed by atoms with E-state index in [4.69, 9.17) is 4.42 Å². The number of anilines is 1. The van der Waals surface area contributed by atoms with Gasteiger partial charge in [0.05, 0.1) is 12.8 Å². The lowest BCUT2D eigenvalue weighted by atomic mass is 10.1. The second-order valence-electron chi connectivity index (χ2n) is 7.86. The van der Waals surface area contributed by atoms with Crippen LogP contribution in [0, 0.1) is 13.8 Å². The van der Waals surface area contributed by atoms with E-state index in [9.17, 15) is 14.4 Å². The van der Waals surface area contributed by atoms with Crippen LogP contribution in [-0.4, -0.2) is 41.4 Å². The van der Waals surface area contributed by atoms with Crippen LogP contribution in [0.15, 0.2) is 58.7 Å². The van der Waals surface area contributed by atoms with Crippen LogP contribution in [0.25, 0.3) is 11.8 Å². The summed E-state index contributed by atoms with van der Waals surface area (Å²) in [5.74, 6) is -0.923. The minimum absolute atomic E-state index is 0.0560. The van der Waals surface area contributed by atoms with Gasteiger partial charge in [0.2, 0.25) is 0 Å². The van der Waals surface area contributed by atoms with Crippen molar-refractivity contribution >= 4 is 29.6 Å². The SMILES string of the molecule is Cc1cc(C=C2C(=O)NC(=O)N(Cc3ccco3)C2=O)c(C)n1-c1ccc(N(C)C)cc1. The molecule has 0 saturated carbocycles. The van der Waals surface area contributed by atoms with Gasteiger partial charge in [-0.3, -0.25) is 19.8 Å². The van der Waals surface area contributed by atoms with Crippen molar-refractivity contribution in [2.45, 2.75) is 20.4 Å². The average Bonchev–Trinajstić information content (AvgIpc) is 3.36. The molecule has 8 nitrogen and oxygen atoms in total. The van der Waals surface area contributed by atoms with Crippen molar-refractivity contribution in [2.75, 3.05) is 19.0 Å². The molecule has 1 aliphatic rings. The van der Waals surface area contributed by atoms with E-state index in [1.54, 1.807) is 12.1 Å². The number of carbonyl (C=O) groups excluding carboxylic acids is 3. The minimum Gasteiger partial charge on any atom is -0.467 e. The first-order chi connectivity index (χ1) is 15.3. The third-order valence-corrected chi connectivity index (χ3v) is 5.47. The highest BCUT2D eigenvalue weighted by molar-refractivity contribution is 6.31. The summed E-state index contributed by atoms with van der Waals surface area (Å²) in [7, 11) is 3.97. The number of amides is 4. The molecule has 32 heavy (non-hydrogen) atoms. The Morgan fingerprint density at radius 3 is 2.41 bits per heavy atom. The summed E-state index contributed by atoms with van der Waals surface area (Å²) in [6.45, 7) is 3.83. The molecule has 4 rings (SSSR count). The first-order valence-electron chi connectivity index (χ1n) is 10.1. The van der Waals surface area contributed by atoms with E-state index < -0.39 is 17.8 Å². The van der Waals surface area contributed by atoms with E-state index in [0.717, 1.165) is 33.2 Å². The summed E-state index contributed by atoms with van der Waals surface area (Å²) in [5.41, 5.74) is 4.53. The van der Waals surface area contributed by atoms with E-state index in [1.165, 1.54) is 12.3 Å². The number of aromatic nitrogens is 1. The molecule has 0 bridgehead atoms. The molecule has 1 fully saturated rings. The van der Waals surface area contributed by atoms with Crippen LogP contribution in [0.4, 0.5) is 10.5 Å². The third kappa shape index (κ3) is 3.82. The number of hydrogen-bond acceptors (Lipinski definition) is 5. The van der Waals surface area contributed by atoms with Gasteiger partial charge in [-0.1, -0.05) is 0 Å². The van der Waals surface area contributed by atoms with Gasteiger partial charge >= 0.3 is 6.03 Å². The Morgan fingerprint density at radius 1 is 1.06 bits per heavy atom. The number of imide groups is 2. The molecule has 3 aromatic rings. The van der Waals surface area contributed by atoms with Gasteiger partial charge in [-0.2, -0.15) is 0 Å². The highest BCUT2D eigenvalue weighted by atomic mass is 16.3. The fourth-order valence-electron chi connectivity index (χ4n) is 3.78. The third-order valence-electron chi connectivity index (χ3n) is 5.47. The number of furan rings is 1. The number of hydrogen-bond donors (Lipinski definition) is 1. The van der Waals surface area contributed by atoms with Crippen molar-refractivity contribution in [3.05, 3.63) is 77.0 Å². The number of nitrogens with zero attached hydrogens (tertiary/aromatic N) is 3. The van der Waals surface area contributed by atoms with Crippen LogP contribution in [-0.2, 0) is 16.1 Å². The van der Waals surface area contributed by atoms with Gasteiger partial charge in [0.25, 0.3) is 11.8 Å². The Morgan fingerprint density at radius 2 is 1.78 bits per heavy atom. The van der Waals surface area contributed by atoms with Gasteiger partial charge in [0.15, 0.2) is 0 Å². The molecule has 164 valence electrons. The number of benzene rings is 1. The Bertz CT molecular complexity index is 1220. The predicted molar refractivity (Wildman–Crippen MR) is 120 cm³/mol. The van der Waals surface area contributed by atoms with E-state index in [1.807, 2.05) is 63.2 Å². The Hall–Kier alpha value is -4.07. The maximum atomic E-state index is 13.0. The van der Waals surface area contributed by atoms with Crippen molar-refractivity contribution in [1.82, 2.24) is 14.8 Å². The maximum Gasteiger partial charge on any atom is 0.331 e. The number of urea groups is 1. The first kappa shape index (κ1) is 21.2. The summed E-state index contributed by atoms with van der Waals surface area (Å²) >= 11 is 0. The largest absolute Gasteiger partial charge is 0.467 e. The Labute approximate surface area is 185 Å². The summed E-state index contributed by atoms with van der Waals surface area (Å²) in [6.07, 6.45) is 3.00. The minimum atomic E-state index is -0.764. The number of rotatable bonds is 5. The Kier molecular flexibility index (Phi) is 5.44. The van der Waals surface area contributed by atoms with Gasteiger partial charge in [0.1, 0.15) is 11.3 Å². The lowest BCUT2D eigenvalue weighted by Crippen LogP contribution is -2.53. The zero-order valence-electron chi connectivity index (χ0n) is 18.4. The number of barbiturate groups is 1. The van der Waals surface area contributed by atoms with Crippen LogP contribution in [0.3, 0.4) is 0 Å². The molecular weight excluding hydrogens is 408 g/mol. The van der Waals surface area contributed by atoms with Gasteiger partial charge in [-0.15, -0.1) is 0 Å². The lowest BCUT2D eigenvalue weighted by molar-refractivity contribution is -0.130. The smallest absolute Gasteiger partial charge is 0.331 e. The molecule has 0 radical (unpaired) electrons. The monoisotopic (exact) mass is 432 g/mol. The van der Waals surface area contributed by atoms with Crippen LogP contribution in [0.1, 0.15) is 22.7 Å². The fraction of sp³-hybridized carbons (Fsp3) is 0.208. The molecule has 1 N–H and O–H groups in total. The second kappa shape index (κ2) is 8.22. The van der Waals surface area contributed by atoms with Crippen molar-refractivity contribution in [2.24, 2.45) is 0 Å². The normalized spacial score (nSPS) is 15.4. The summed E-state index contributed by atoms with van der Waals surface area (Å²) < 4.78 is 7.30. The van der Waals surface area contributed by atoms with Gasteiger partial charge in [-0.05, 0) is 68.0 Å². The molecule has 4 amide bonds. The van der Waals surface area contributed by atoms with E-state index in [0.29, 0.717) is 5.76 Å². The van der Waals surface area contributed by atoms with Gasteiger partial charge < -0.3 is 13.9 Å². The summed E-state index contributed by atoms with van der Waals surface area (Å²) in [5, 5.41) is 2.24. The standard InChI is InChI=1S/C24H24N4O4/c1-15-12-17(16(2)28(15)19-9-7-18(8-10-19)26(3)4)13-21-22(29)25-24(31)27(23(21)30)14-20-6-5-11-32-20/h5-13H,14H2,1-4H3,(H,25,29,31). The van der Waals surface area contributed by atoms with E-state index in [2.05, 4.69) is 9.88 Å². The lowest BCUT2D eigenvalue weighted by Gasteiger charge is -2.25. The molecule has 3 heterocycles. The first-order valence-corrected chi connectivity index (χ1v) is 10.1. The Balaban J connectivity index is 1.68. The van der Waals surface area contributed by atoms with Crippen LogP contribution in [0.5, 0.6) is 0 Å². The molecule has 1 aliphatic heterocycles. The molecule has 1 saturated heterocycles. The highest BCUT2D eigenvalue weighted by Crippen LogP contribution is 2.25. The second-order valence-corrected chi connectivity index (χ2v) is 7.86. The van der Waals surface area contributed by atoms with Gasteiger partial charge in [-0.25, -0.2) is 4.79 Å². The molecule has 0 atom stereocenters. The van der Waals surface area contributed by atoms with Crippen LogP contribution < -0.4 is 10.2 Å². The van der Waals surface area contributed by atoms with Crippen molar-refractivity contribution < 1.29 is 18.8 Å². The predicted octanol–water partition coefficient (Wildman–Crippen LogP) is 3.42. The molecular formula is C24H24N4O4. The zero-order chi connectivity index (χ0) is 23.0. The van der Waals surface area contributed by atoms with Gasteiger partial charge in [0, 0.05) is 36.9 Å². The number of carbonyl (C=O) groups is 3. The molecule has 0 unspecified atom stereocenters. The maximum absolute atomic E-state index is 13.0.